The van der Waals surface area contributed by atoms with Gasteiger partial charge in [0.2, 0.25) is 11.7 Å². The Labute approximate surface area is 105 Å². The summed E-state index contributed by atoms with van der Waals surface area (Å²) in [5.41, 5.74) is 1.96. The zero-order chi connectivity index (χ0) is 13.1. The lowest BCUT2D eigenvalue weighted by molar-refractivity contribution is -0.118. The van der Waals surface area contributed by atoms with Gasteiger partial charge in [-0.3, -0.25) is 9.78 Å². The van der Waals surface area contributed by atoms with Gasteiger partial charge in [0.1, 0.15) is 5.78 Å². The highest BCUT2D eigenvalue weighted by atomic mass is 16.5. The van der Waals surface area contributed by atoms with Crippen molar-refractivity contribution in [2.45, 2.75) is 33.1 Å². The summed E-state index contributed by atoms with van der Waals surface area (Å²) in [6.45, 7) is 5.31. The molecular weight excluding hydrogens is 230 g/mol. The van der Waals surface area contributed by atoms with E-state index in [4.69, 9.17) is 4.52 Å². The molecule has 0 bridgehead atoms. The molecule has 18 heavy (non-hydrogen) atoms. The van der Waals surface area contributed by atoms with Crippen LogP contribution >= 0.6 is 0 Å². The second-order valence-corrected chi connectivity index (χ2v) is 4.17. The third-order valence-electron chi connectivity index (χ3n) is 2.95. The van der Waals surface area contributed by atoms with E-state index in [2.05, 4.69) is 15.1 Å². The molecule has 2 rings (SSSR count). The Balaban J connectivity index is 2.38. The van der Waals surface area contributed by atoms with Crippen molar-refractivity contribution in [2.24, 2.45) is 0 Å². The van der Waals surface area contributed by atoms with Crippen molar-refractivity contribution in [1.29, 1.82) is 0 Å². The molecule has 1 atom stereocenters. The van der Waals surface area contributed by atoms with Gasteiger partial charge in [-0.2, -0.15) is 4.98 Å². The number of hydrogen-bond donors (Lipinski definition) is 0. The molecule has 0 radical (unpaired) electrons. The van der Waals surface area contributed by atoms with Crippen LogP contribution in [0.4, 0.5) is 0 Å². The smallest absolute Gasteiger partial charge is 0.237 e. The third-order valence-corrected chi connectivity index (χ3v) is 2.95. The van der Waals surface area contributed by atoms with Crippen molar-refractivity contribution in [2.75, 3.05) is 0 Å². The minimum Gasteiger partial charge on any atom is -0.338 e. The quantitative estimate of drug-likeness (QED) is 0.827. The predicted molar refractivity (Wildman–Crippen MR) is 66.0 cm³/mol. The number of pyridine rings is 1. The summed E-state index contributed by atoms with van der Waals surface area (Å²) in [6.07, 6.45) is 4.33. The van der Waals surface area contributed by atoms with Gasteiger partial charge >= 0.3 is 0 Å². The number of nitrogens with zero attached hydrogens (tertiary/aromatic N) is 3. The molecule has 0 N–H and O–H groups in total. The molecule has 0 amide bonds. The van der Waals surface area contributed by atoms with Gasteiger partial charge in [0.25, 0.3) is 0 Å². The first-order chi connectivity index (χ1) is 8.63. The van der Waals surface area contributed by atoms with Crippen LogP contribution in [0.2, 0.25) is 0 Å². The Morgan fingerprint density at radius 2 is 2.28 bits per heavy atom. The summed E-state index contributed by atoms with van der Waals surface area (Å²) >= 11 is 0. The van der Waals surface area contributed by atoms with E-state index in [1.54, 1.807) is 19.3 Å². The zero-order valence-electron chi connectivity index (χ0n) is 10.7. The summed E-state index contributed by atoms with van der Waals surface area (Å²) in [6, 6.07) is 1.85. The predicted octanol–water partition coefficient (Wildman–Crippen LogP) is 2.39. The molecule has 2 aromatic rings. The molecule has 0 aliphatic rings. The monoisotopic (exact) mass is 245 g/mol. The maximum atomic E-state index is 11.3. The molecule has 0 aromatic carbocycles. The van der Waals surface area contributed by atoms with Crippen LogP contribution in [0.1, 0.15) is 38.1 Å². The first kappa shape index (κ1) is 12.4. The van der Waals surface area contributed by atoms with Gasteiger partial charge in [-0.05, 0) is 31.9 Å². The second kappa shape index (κ2) is 5.08. The topological polar surface area (TPSA) is 68.9 Å². The van der Waals surface area contributed by atoms with E-state index in [9.17, 15) is 4.79 Å². The second-order valence-electron chi connectivity index (χ2n) is 4.17. The maximum Gasteiger partial charge on any atom is 0.237 e. The molecule has 2 aromatic heterocycles. The molecule has 2 heterocycles. The molecule has 5 nitrogen and oxygen atoms in total. The molecule has 0 saturated carbocycles. The molecule has 1 unspecified atom stereocenters. The van der Waals surface area contributed by atoms with Crippen molar-refractivity contribution < 1.29 is 9.32 Å². The van der Waals surface area contributed by atoms with E-state index < -0.39 is 0 Å². The standard InChI is InChI=1S/C13H15N3O2/c1-4-10-7-14-6-5-11(10)12-15-13(18-16-12)8(2)9(3)17/h5-8H,4H2,1-3H3. The van der Waals surface area contributed by atoms with E-state index in [1.807, 2.05) is 13.0 Å². The molecular formula is C13H15N3O2. The van der Waals surface area contributed by atoms with Gasteiger partial charge < -0.3 is 4.52 Å². The number of rotatable bonds is 4. The lowest BCUT2D eigenvalue weighted by Crippen LogP contribution is -2.04. The van der Waals surface area contributed by atoms with Gasteiger partial charge in [-0.1, -0.05) is 12.1 Å². The Kier molecular flexibility index (Phi) is 3.50. The van der Waals surface area contributed by atoms with Gasteiger partial charge in [0.15, 0.2) is 0 Å². The number of hydrogen-bond acceptors (Lipinski definition) is 5. The van der Waals surface area contributed by atoms with Crippen LogP contribution in [-0.4, -0.2) is 20.9 Å². The number of carbonyl (C=O) groups excluding carboxylic acids is 1. The first-order valence-electron chi connectivity index (χ1n) is 5.90. The minimum absolute atomic E-state index is 0.00985. The van der Waals surface area contributed by atoms with Crippen molar-refractivity contribution in [3.8, 4) is 11.4 Å². The van der Waals surface area contributed by atoms with Gasteiger partial charge in [0.05, 0.1) is 5.92 Å². The fourth-order valence-corrected chi connectivity index (χ4v) is 1.62. The highest BCUT2D eigenvalue weighted by Gasteiger charge is 2.19. The van der Waals surface area contributed by atoms with Gasteiger partial charge in [0, 0.05) is 18.0 Å². The average molecular weight is 245 g/mol. The zero-order valence-corrected chi connectivity index (χ0v) is 10.7. The lowest BCUT2D eigenvalue weighted by atomic mass is 10.1. The van der Waals surface area contributed by atoms with E-state index in [1.165, 1.54) is 6.92 Å². The van der Waals surface area contributed by atoms with E-state index in [-0.39, 0.29) is 11.7 Å². The van der Waals surface area contributed by atoms with Crippen molar-refractivity contribution in [1.82, 2.24) is 15.1 Å². The fraction of sp³-hybridized carbons (Fsp3) is 0.385. The van der Waals surface area contributed by atoms with Crippen LogP contribution in [0.15, 0.2) is 23.0 Å². The van der Waals surface area contributed by atoms with Gasteiger partial charge in [-0.25, -0.2) is 0 Å². The Morgan fingerprint density at radius 1 is 1.50 bits per heavy atom. The normalized spacial score (nSPS) is 12.4. The third kappa shape index (κ3) is 2.30. The number of aryl methyl sites for hydroxylation is 1. The largest absolute Gasteiger partial charge is 0.338 e. The fourth-order valence-electron chi connectivity index (χ4n) is 1.62. The molecule has 0 aliphatic heterocycles. The van der Waals surface area contributed by atoms with E-state index >= 15 is 0 Å². The summed E-state index contributed by atoms with van der Waals surface area (Å²) in [7, 11) is 0. The van der Waals surface area contributed by atoms with E-state index in [0.717, 1.165) is 17.5 Å². The van der Waals surface area contributed by atoms with Crippen LogP contribution in [0.3, 0.4) is 0 Å². The summed E-state index contributed by atoms with van der Waals surface area (Å²) < 4.78 is 5.14. The van der Waals surface area contributed by atoms with Crippen LogP contribution in [-0.2, 0) is 11.2 Å². The Hall–Kier alpha value is -2.04. The Morgan fingerprint density at radius 3 is 2.94 bits per heavy atom. The van der Waals surface area contributed by atoms with Gasteiger partial charge in [-0.15, -0.1) is 0 Å². The molecule has 94 valence electrons. The minimum atomic E-state index is -0.363. The highest BCUT2D eigenvalue weighted by molar-refractivity contribution is 5.81. The van der Waals surface area contributed by atoms with Crippen molar-refractivity contribution in [3.05, 3.63) is 29.9 Å². The van der Waals surface area contributed by atoms with Crippen LogP contribution in [0, 0.1) is 0 Å². The molecule has 0 fully saturated rings. The summed E-state index contributed by atoms with van der Waals surface area (Å²) in [5, 5.41) is 3.93. The van der Waals surface area contributed by atoms with Crippen LogP contribution in [0.5, 0.6) is 0 Å². The summed E-state index contributed by atoms with van der Waals surface area (Å²) in [5.74, 6) is 0.516. The maximum absolute atomic E-state index is 11.3. The molecule has 5 heteroatoms. The summed E-state index contributed by atoms with van der Waals surface area (Å²) in [4.78, 5) is 19.6. The van der Waals surface area contributed by atoms with Crippen LogP contribution in [0.25, 0.3) is 11.4 Å². The Bertz CT molecular complexity index is 563. The number of Topliss-reactive ketones (excluding diaryl/α,β-unsaturated/α-hetero) is 1. The molecule has 0 spiro atoms. The highest BCUT2D eigenvalue weighted by Crippen LogP contribution is 2.23. The molecule has 0 aliphatic carbocycles. The number of ketones is 1. The first-order valence-corrected chi connectivity index (χ1v) is 5.90. The lowest BCUT2D eigenvalue weighted by Gasteiger charge is -2.01. The molecule has 0 saturated heterocycles. The SMILES string of the molecule is CCc1cnccc1-c1noc(C(C)C(C)=O)n1. The van der Waals surface area contributed by atoms with Crippen molar-refractivity contribution >= 4 is 5.78 Å². The number of carbonyl (C=O) groups is 1. The van der Waals surface area contributed by atoms with E-state index in [0.29, 0.717) is 11.7 Å². The average Bonchev–Trinajstić information content (AvgIpc) is 2.87. The number of aromatic nitrogens is 3. The van der Waals surface area contributed by atoms with Crippen LogP contribution < -0.4 is 0 Å². The van der Waals surface area contributed by atoms with Crippen molar-refractivity contribution in [3.63, 3.8) is 0 Å².